The standard InChI is InChI=1S/C14H25N3O2S2/c1-3-15-8-7-13-5-6-14(20-13)21(18,19)17-11-9-16(4-2)10-12-17/h5-6,15H,3-4,7-12H2,1-2H3. The van der Waals surface area contributed by atoms with Gasteiger partial charge in [-0.25, -0.2) is 8.42 Å². The highest BCUT2D eigenvalue weighted by molar-refractivity contribution is 7.91. The van der Waals surface area contributed by atoms with Gasteiger partial charge in [-0.3, -0.25) is 0 Å². The quantitative estimate of drug-likeness (QED) is 0.764. The average Bonchev–Trinajstić information content (AvgIpc) is 2.97. The van der Waals surface area contributed by atoms with Crippen molar-refractivity contribution in [2.75, 3.05) is 45.8 Å². The van der Waals surface area contributed by atoms with Crippen LogP contribution in [0, 0.1) is 0 Å². The predicted octanol–water partition coefficient (Wildman–Crippen LogP) is 1.23. The Kier molecular flexibility index (Phi) is 6.19. The first-order valence-corrected chi connectivity index (χ1v) is 9.85. The van der Waals surface area contributed by atoms with Gasteiger partial charge >= 0.3 is 0 Å². The normalized spacial score (nSPS) is 18.2. The number of rotatable bonds is 7. The summed E-state index contributed by atoms with van der Waals surface area (Å²) in [6, 6.07) is 3.70. The molecule has 2 heterocycles. The lowest BCUT2D eigenvalue weighted by molar-refractivity contribution is 0.196. The first-order chi connectivity index (χ1) is 10.1. The van der Waals surface area contributed by atoms with Crippen molar-refractivity contribution in [2.45, 2.75) is 24.5 Å². The van der Waals surface area contributed by atoms with Crippen LogP contribution in [0.3, 0.4) is 0 Å². The average molecular weight is 332 g/mol. The molecular weight excluding hydrogens is 306 g/mol. The summed E-state index contributed by atoms with van der Waals surface area (Å²) in [5.41, 5.74) is 0. The van der Waals surface area contributed by atoms with E-state index in [1.165, 1.54) is 11.3 Å². The van der Waals surface area contributed by atoms with Crippen LogP contribution in [-0.2, 0) is 16.4 Å². The number of likely N-dealkylation sites (N-methyl/N-ethyl adjacent to an activating group) is 2. The largest absolute Gasteiger partial charge is 0.317 e. The first-order valence-electron chi connectivity index (χ1n) is 7.59. The van der Waals surface area contributed by atoms with Gasteiger partial charge in [0.05, 0.1) is 0 Å². The lowest BCUT2D eigenvalue weighted by Gasteiger charge is -2.32. The zero-order chi connectivity index (χ0) is 15.3. The molecule has 1 fully saturated rings. The highest BCUT2D eigenvalue weighted by atomic mass is 32.2. The van der Waals surface area contributed by atoms with Crippen molar-refractivity contribution in [2.24, 2.45) is 0 Å². The fourth-order valence-electron chi connectivity index (χ4n) is 2.43. The Morgan fingerprint density at radius 2 is 1.90 bits per heavy atom. The van der Waals surface area contributed by atoms with Crippen molar-refractivity contribution in [3.05, 3.63) is 17.0 Å². The second kappa shape index (κ2) is 7.69. The molecule has 0 amide bonds. The molecule has 2 rings (SSSR count). The minimum absolute atomic E-state index is 0.485. The van der Waals surface area contributed by atoms with Gasteiger partial charge < -0.3 is 10.2 Å². The van der Waals surface area contributed by atoms with E-state index in [-0.39, 0.29) is 0 Å². The number of sulfonamides is 1. The van der Waals surface area contributed by atoms with Crippen LogP contribution >= 0.6 is 11.3 Å². The molecule has 1 saturated heterocycles. The van der Waals surface area contributed by atoms with Crippen molar-refractivity contribution in [3.8, 4) is 0 Å². The number of piperazine rings is 1. The van der Waals surface area contributed by atoms with Crippen LogP contribution in [0.5, 0.6) is 0 Å². The van der Waals surface area contributed by atoms with Gasteiger partial charge in [-0.1, -0.05) is 13.8 Å². The maximum Gasteiger partial charge on any atom is 0.252 e. The zero-order valence-corrected chi connectivity index (χ0v) is 14.5. The van der Waals surface area contributed by atoms with Crippen LogP contribution < -0.4 is 5.32 Å². The van der Waals surface area contributed by atoms with E-state index in [1.807, 2.05) is 6.07 Å². The van der Waals surface area contributed by atoms with Gasteiger partial charge in [0.15, 0.2) is 0 Å². The Labute approximate surface area is 132 Å². The van der Waals surface area contributed by atoms with Gasteiger partial charge in [-0.2, -0.15) is 4.31 Å². The lowest BCUT2D eigenvalue weighted by Crippen LogP contribution is -2.48. The van der Waals surface area contributed by atoms with Crippen LogP contribution in [0.4, 0.5) is 0 Å². The molecule has 0 saturated carbocycles. The maximum atomic E-state index is 12.6. The summed E-state index contributed by atoms with van der Waals surface area (Å²) in [5.74, 6) is 0. The molecule has 0 bridgehead atoms. The monoisotopic (exact) mass is 331 g/mol. The molecule has 0 unspecified atom stereocenters. The fourth-order valence-corrected chi connectivity index (χ4v) is 5.36. The Bertz CT molecular complexity index is 534. The van der Waals surface area contributed by atoms with Crippen LogP contribution in [-0.4, -0.2) is 63.4 Å². The number of nitrogens with one attached hydrogen (secondary N) is 1. The smallest absolute Gasteiger partial charge is 0.252 e. The van der Waals surface area contributed by atoms with E-state index in [0.29, 0.717) is 17.3 Å². The molecule has 0 spiro atoms. The molecule has 1 aromatic heterocycles. The summed E-state index contributed by atoms with van der Waals surface area (Å²) in [5, 5.41) is 3.26. The highest BCUT2D eigenvalue weighted by Gasteiger charge is 2.29. The van der Waals surface area contributed by atoms with E-state index < -0.39 is 10.0 Å². The molecule has 1 aliphatic rings. The molecular formula is C14H25N3O2S2. The Morgan fingerprint density at radius 1 is 1.19 bits per heavy atom. The topological polar surface area (TPSA) is 52.7 Å². The van der Waals surface area contributed by atoms with Gasteiger partial charge in [0.25, 0.3) is 10.0 Å². The minimum atomic E-state index is -3.30. The van der Waals surface area contributed by atoms with Gasteiger partial charge in [0, 0.05) is 31.1 Å². The van der Waals surface area contributed by atoms with E-state index >= 15 is 0 Å². The molecule has 1 N–H and O–H groups in total. The summed E-state index contributed by atoms with van der Waals surface area (Å²) in [7, 11) is -3.30. The van der Waals surface area contributed by atoms with Gasteiger partial charge in [0.2, 0.25) is 0 Å². The number of hydrogen-bond donors (Lipinski definition) is 1. The SMILES string of the molecule is CCNCCc1ccc(S(=O)(=O)N2CCN(CC)CC2)s1. The Morgan fingerprint density at radius 3 is 2.52 bits per heavy atom. The van der Waals surface area contributed by atoms with Crippen LogP contribution in [0.15, 0.2) is 16.3 Å². The third-order valence-corrected chi connectivity index (χ3v) is 7.32. The minimum Gasteiger partial charge on any atom is -0.317 e. The molecule has 1 aliphatic heterocycles. The molecule has 120 valence electrons. The Balaban J connectivity index is 1.99. The van der Waals surface area contributed by atoms with Gasteiger partial charge in [-0.05, 0) is 38.2 Å². The van der Waals surface area contributed by atoms with Crippen LogP contribution in [0.1, 0.15) is 18.7 Å². The summed E-state index contributed by atoms with van der Waals surface area (Å²) in [6.45, 7) is 9.86. The van der Waals surface area contributed by atoms with E-state index in [4.69, 9.17) is 0 Å². The lowest BCUT2D eigenvalue weighted by atomic mass is 10.3. The molecule has 5 nitrogen and oxygen atoms in total. The fraction of sp³-hybridized carbons (Fsp3) is 0.714. The maximum absolute atomic E-state index is 12.6. The number of hydrogen-bond acceptors (Lipinski definition) is 5. The number of nitrogens with zero attached hydrogens (tertiary/aromatic N) is 2. The second-order valence-corrected chi connectivity index (χ2v) is 8.50. The summed E-state index contributed by atoms with van der Waals surface area (Å²) in [6.07, 6.45) is 0.887. The van der Waals surface area contributed by atoms with E-state index in [0.717, 1.165) is 44.0 Å². The Hall–Kier alpha value is -0.470. The van der Waals surface area contributed by atoms with Crippen molar-refractivity contribution < 1.29 is 8.42 Å². The van der Waals surface area contributed by atoms with Crippen molar-refractivity contribution in [1.29, 1.82) is 0 Å². The van der Waals surface area contributed by atoms with Crippen molar-refractivity contribution >= 4 is 21.4 Å². The van der Waals surface area contributed by atoms with Gasteiger partial charge in [0.1, 0.15) is 4.21 Å². The second-order valence-electron chi connectivity index (χ2n) is 5.16. The van der Waals surface area contributed by atoms with Crippen LogP contribution in [0.25, 0.3) is 0 Å². The molecule has 0 radical (unpaired) electrons. The number of thiophene rings is 1. The van der Waals surface area contributed by atoms with E-state index in [9.17, 15) is 8.42 Å². The summed E-state index contributed by atoms with van der Waals surface area (Å²) < 4.78 is 27.4. The molecule has 0 atom stereocenters. The molecule has 7 heteroatoms. The molecule has 1 aromatic rings. The summed E-state index contributed by atoms with van der Waals surface area (Å²) in [4.78, 5) is 3.41. The van der Waals surface area contributed by atoms with Crippen LogP contribution in [0.2, 0.25) is 0 Å². The third-order valence-electron chi connectivity index (χ3n) is 3.81. The zero-order valence-electron chi connectivity index (χ0n) is 12.8. The molecule has 0 aliphatic carbocycles. The van der Waals surface area contributed by atoms with E-state index in [1.54, 1.807) is 10.4 Å². The molecule has 21 heavy (non-hydrogen) atoms. The van der Waals surface area contributed by atoms with E-state index in [2.05, 4.69) is 24.1 Å². The molecule has 0 aromatic carbocycles. The predicted molar refractivity (Wildman–Crippen MR) is 87.4 cm³/mol. The highest BCUT2D eigenvalue weighted by Crippen LogP contribution is 2.25. The van der Waals surface area contributed by atoms with Crippen molar-refractivity contribution in [1.82, 2.24) is 14.5 Å². The first kappa shape index (κ1) is 16.9. The van der Waals surface area contributed by atoms with Gasteiger partial charge in [-0.15, -0.1) is 11.3 Å². The summed E-state index contributed by atoms with van der Waals surface area (Å²) >= 11 is 1.41. The van der Waals surface area contributed by atoms with Crippen molar-refractivity contribution in [3.63, 3.8) is 0 Å². The third kappa shape index (κ3) is 4.26.